The molecule has 0 aliphatic carbocycles. The van der Waals surface area contributed by atoms with E-state index in [1.165, 1.54) is 36.0 Å². The van der Waals surface area contributed by atoms with Crippen molar-refractivity contribution in [2.75, 3.05) is 4.90 Å². The summed E-state index contributed by atoms with van der Waals surface area (Å²) in [5, 5.41) is 21.9. The molecular formula is C30H27FNO5PS2. The normalized spacial score (nSPS) is 18.2. The van der Waals surface area contributed by atoms with E-state index < -0.39 is 13.7 Å². The van der Waals surface area contributed by atoms with Crippen molar-refractivity contribution in [3.63, 3.8) is 0 Å². The molecule has 5 rings (SSSR count). The van der Waals surface area contributed by atoms with Gasteiger partial charge in [-0.25, -0.2) is 4.39 Å². The molecule has 1 aliphatic heterocycles. The summed E-state index contributed by atoms with van der Waals surface area (Å²) in [4.78, 5) is 20.8. The van der Waals surface area contributed by atoms with Crippen LogP contribution in [0.3, 0.4) is 0 Å². The van der Waals surface area contributed by atoms with Crippen LogP contribution in [0, 0.1) is 5.82 Å². The number of aliphatic hydroxyl groups is 1. The van der Waals surface area contributed by atoms with Gasteiger partial charge in [-0.1, -0.05) is 78.6 Å². The van der Waals surface area contributed by atoms with Gasteiger partial charge in [0.2, 0.25) is 0 Å². The summed E-state index contributed by atoms with van der Waals surface area (Å²) in [6, 6.07) is 26.5. The van der Waals surface area contributed by atoms with Gasteiger partial charge in [-0.15, -0.1) is 0 Å². The molecule has 1 saturated heterocycles. The zero-order chi connectivity index (χ0) is 28.4. The number of hydrogen-bond acceptors (Lipinski definition) is 5. The molecule has 0 amide bonds. The van der Waals surface area contributed by atoms with Gasteiger partial charge in [0, 0.05) is 16.5 Å². The van der Waals surface area contributed by atoms with Crippen molar-refractivity contribution >= 4 is 46.9 Å². The van der Waals surface area contributed by atoms with Crippen LogP contribution in [0.1, 0.15) is 36.1 Å². The Bertz CT molecular complexity index is 1550. The van der Waals surface area contributed by atoms with E-state index >= 15 is 0 Å². The summed E-state index contributed by atoms with van der Waals surface area (Å²) in [5.74, 6) is -0.292. The van der Waals surface area contributed by atoms with Gasteiger partial charge in [0.05, 0.1) is 17.5 Å². The number of phenolic OH excluding ortho intramolecular Hbond substituents is 1. The second-order valence-electron chi connectivity index (χ2n) is 9.58. The molecule has 206 valence electrons. The number of phenols is 1. The highest BCUT2D eigenvalue weighted by molar-refractivity contribution is 8.24. The summed E-state index contributed by atoms with van der Waals surface area (Å²) in [6.45, 7) is 0. The maximum absolute atomic E-state index is 13.3. The smallest absolute Gasteiger partial charge is 0.356 e. The van der Waals surface area contributed by atoms with Crippen LogP contribution < -0.4 is 10.2 Å². The average Bonchev–Trinajstić information content (AvgIpc) is 3.27. The molecule has 4 N–H and O–H groups in total. The van der Waals surface area contributed by atoms with Crippen molar-refractivity contribution < 1.29 is 29.0 Å². The van der Waals surface area contributed by atoms with Crippen molar-refractivity contribution in [2.24, 2.45) is 0 Å². The molecule has 40 heavy (non-hydrogen) atoms. The van der Waals surface area contributed by atoms with E-state index in [9.17, 15) is 29.0 Å². The monoisotopic (exact) mass is 595 g/mol. The third-order valence-corrected chi connectivity index (χ3v) is 9.63. The van der Waals surface area contributed by atoms with Gasteiger partial charge in [0.1, 0.15) is 15.9 Å². The lowest BCUT2D eigenvalue weighted by molar-refractivity contribution is 0.163. The highest BCUT2D eigenvalue weighted by Gasteiger charge is 2.41. The summed E-state index contributed by atoms with van der Waals surface area (Å²) >= 11 is 7.32. The zero-order valence-electron chi connectivity index (χ0n) is 21.2. The van der Waals surface area contributed by atoms with E-state index in [4.69, 9.17) is 12.2 Å². The first-order valence-corrected chi connectivity index (χ1v) is 15.5. The van der Waals surface area contributed by atoms with Gasteiger partial charge >= 0.3 is 7.60 Å². The molecule has 0 radical (unpaired) electrons. The first-order chi connectivity index (χ1) is 19.1. The number of thiocarbonyl (C=S) groups is 1. The standard InChI is InChI=1S/C30H27FNO5PS2/c31-22-11-6-20(7-12-22)26(33)16-17-28-29(32(30(39)40-28)23-4-2-1-3-5-23)25-15-10-21(18-27(25)34)19-8-13-24(14-9-19)38(35,36)37/h1-15,18,26,28-29,33-34H,16-17H2,(H2,35,36,37)/t26?,28-,29+/m0/s1. The number of aliphatic hydroxyl groups excluding tert-OH is 1. The first-order valence-electron chi connectivity index (χ1n) is 12.6. The van der Waals surface area contributed by atoms with E-state index in [1.54, 1.807) is 30.3 Å². The molecule has 4 aromatic rings. The van der Waals surface area contributed by atoms with Gasteiger partial charge in [-0.2, -0.15) is 0 Å². The highest BCUT2D eigenvalue weighted by atomic mass is 32.2. The lowest BCUT2D eigenvalue weighted by atomic mass is 9.93. The van der Waals surface area contributed by atoms with Crippen LogP contribution in [-0.4, -0.2) is 29.6 Å². The minimum atomic E-state index is -4.35. The number of aromatic hydroxyl groups is 1. The van der Waals surface area contributed by atoms with Crippen LogP contribution in [0.2, 0.25) is 0 Å². The zero-order valence-corrected chi connectivity index (χ0v) is 23.7. The van der Waals surface area contributed by atoms with Crippen molar-refractivity contribution in [3.8, 4) is 16.9 Å². The third-order valence-electron chi connectivity index (χ3n) is 6.98. The number of rotatable bonds is 8. The van der Waals surface area contributed by atoms with Crippen LogP contribution in [0.15, 0.2) is 97.1 Å². The second kappa shape index (κ2) is 11.8. The Morgan fingerprint density at radius 1 is 0.925 bits per heavy atom. The summed E-state index contributed by atoms with van der Waals surface area (Å²) in [7, 11) is -4.35. The number of benzene rings is 4. The topological polar surface area (TPSA) is 101 Å². The van der Waals surface area contributed by atoms with Crippen molar-refractivity contribution in [3.05, 3.63) is 114 Å². The Labute approximate surface area is 241 Å². The molecule has 4 aromatic carbocycles. The predicted octanol–water partition coefficient (Wildman–Crippen LogP) is 6.46. The number of thioether (sulfide) groups is 1. The van der Waals surface area contributed by atoms with Crippen LogP contribution in [0.5, 0.6) is 5.75 Å². The molecule has 10 heteroatoms. The van der Waals surface area contributed by atoms with Gasteiger partial charge in [0.15, 0.2) is 0 Å². The van der Waals surface area contributed by atoms with Gasteiger partial charge in [-0.05, 0) is 72.0 Å². The Morgan fingerprint density at radius 3 is 2.20 bits per heavy atom. The molecule has 0 saturated carbocycles. The SMILES string of the molecule is O=P(O)(O)c1ccc(-c2ccc([C@@H]3[C@H](CCC(O)c4ccc(F)cc4)SC(=S)N3c3ccccc3)c(O)c2)cc1. The van der Waals surface area contributed by atoms with Gasteiger partial charge < -0.3 is 24.9 Å². The highest BCUT2D eigenvalue weighted by Crippen LogP contribution is 2.49. The molecule has 1 heterocycles. The largest absolute Gasteiger partial charge is 0.508 e. The van der Waals surface area contributed by atoms with Crippen molar-refractivity contribution in [1.82, 2.24) is 0 Å². The van der Waals surface area contributed by atoms with E-state index in [0.29, 0.717) is 39.4 Å². The van der Waals surface area contributed by atoms with Gasteiger partial charge in [-0.3, -0.25) is 4.57 Å². The quantitative estimate of drug-likeness (QED) is 0.136. The van der Waals surface area contributed by atoms with E-state index in [1.807, 2.05) is 47.4 Å². The number of hydrogen-bond donors (Lipinski definition) is 4. The Balaban J connectivity index is 1.45. The number of para-hydroxylation sites is 1. The Hall–Kier alpha value is -3.04. The number of halogens is 1. The first kappa shape index (κ1) is 28.5. The molecule has 0 bridgehead atoms. The lowest BCUT2D eigenvalue weighted by Gasteiger charge is -2.30. The number of anilines is 1. The number of nitrogens with zero attached hydrogens (tertiary/aromatic N) is 1. The lowest BCUT2D eigenvalue weighted by Crippen LogP contribution is -2.29. The minimum Gasteiger partial charge on any atom is -0.508 e. The summed E-state index contributed by atoms with van der Waals surface area (Å²) in [5.41, 5.74) is 3.60. The maximum atomic E-state index is 13.3. The average molecular weight is 596 g/mol. The maximum Gasteiger partial charge on any atom is 0.356 e. The molecule has 1 aliphatic rings. The van der Waals surface area contributed by atoms with Crippen LogP contribution in [0.25, 0.3) is 11.1 Å². The summed E-state index contributed by atoms with van der Waals surface area (Å²) in [6.07, 6.45) is 0.242. The van der Waals surface area contributed by atoms with E-state index in [0.717, 1.165) is 5.69 Å². The molecule has 0 spiro atoms. The van der Waals surface area contributed by atoms with Gasteiger partial charge in [0.25, 0.3) is 0 Å². The molecule has 1 unspecified atom stereocenters. The minimum absolute atomic E-state index is 0.0666. The van der Waals surface area contributed by atoms with E-state index in [-0.39, 0.29) is 28.2 Å². The van der Waals surface area contributed by atoms with E-state index in [2.05, 4.69) is 0 Å². The fourth-order valence-electron chi connectivity index (χ4n) is 4.94. The van der Waals surface area contributed by atoms with Crippen LogP contribution >= 0.6 is 31.6 Å². The van der Waals surface area contributed by atoms with Crippen molar-refractivity contribution in [2.45, 2.75) is 30.2 Å². The molecule has 6 nitrogen and oxygen atoms in total. The fourth-order valence-corrected chi connectivity index (χ4v) is 7.31. The second-order valence-corrected chi connectivity index (χ2v) is 13.1. The summed E-state index contributed by atoms with van der Waals surface area (Å²) < 4.78 is 25.5. The Morgan fingerprint density at radius 2 is 1.57 bits per heavy atom. The molecule has 3 atom stereocenters. The molecule has 1 fully saturated rings. The van der Waals surface area contributed by atoms with Crippen LogP contribution in [-0.2, 0) is 4.57 Å². The molecule has 0 aromatic heterocycles. The predicted molar refractivity (Wildman–Crippen MR) is 161 cm³/mol. The third kappa shape index (κ3) is 6.15. The molecular weight excluding hydrogens is 568 g/mol. The van der Waals surface area contributed by atoms with Crippen LogP contribution in [0.4, 0.5) is 10.1 Å². The van der Waals surface area contributed by atoms with Crippen molar-refractivity contribution in [1.29, 1.82) is 0 Å². The fraction of sp³-hybridized carbons (Fsp3) is 0.167. The Kier molecular flexibility index (Phi) is 8.42.